The van der Waals surface area contributed by atoms with Crippen LogP contribution >= 0.6 is 0 Å². The Morgan fingerprint density at radius 2 is 2.21 bits per heavy atom. The smallest absolute Gasteiger partial charge is 0.269 e. The Hall–Kier alpha value is -2.17. The Balaban J connectivity index is 2.61. The third kappa shape index (κ3) is 2.50. The molecule has 0 saturated heterocycles. The number of hydrogen-bond donors (Lipinski definition) is 1. The maximum absolute atomic E-state index is 11.8. The van der Waals surface area contributed by atoms with Gasteiger partial charge in [0, 0.05) is 20.3 Å². The van der Waals surface area contributed by atoms with Gasteiger partial charge in [0.1, 0.15) is 11.4 Å². The van der Waals surface area contributed by atoms with E-state index in [1.165, 1.54) is 0 Å². The van der Waals surface area contributed by atoms with E-state index < -0.39 is 0 Å². The van der Waals surface area contributed by atoms with Crippen LogP contribution in [0.3, 0.4) is 0 Å². The molecule has 0 saturated carbocycles. The summed E-state index contributed by atoms with van der Waals surface area (Å²) in [5.74, 6) is -0.174. The molecule has 5 heteroatoms. The molecule has 1 N–H and O–H groups in total. The van der Waals surface area contributed by atoms with Crippen LogP contribution in [0.15, 0.2) is 18.3 Å². The number of aromatic nitrogens is 3. The first-order valence-electron chi connectivity index (χ1n) is 6.29. The van der Waals surface area contributed by atoms with Crippen molar-refractivity contribution < 1.29 is 4.79 Å². The van der Waals surface area contributed by atoms with E-state index in [1.807, 2.05) is 32.3 Å². The maximum atomic E-state index is 11.8. The van der Waals surface area contributed by atoms with Crippen molar-refractivity contribution in [2.45, 2.75) is 20.3 Å². The predicted molar refractivity (Wildman–Crippen MR) is 73.9 cm³/mol. The Bertz CT molecular complexity index is 616. The second kappa shape index (κ2) is 5.22. The van der Waals surface area contributed by atoms with Crippen molar-refractivity contribution >= 4 is 5.91 Å². The van der Waals surface area contributed by atoms with E-state index in [0.29, 0.717) is 5.69 Å². The quantitative estimate of drug-likeness (QED) is 0.911. The normalized spacial score (nSPS) is 10.5. The van der Waals surface area contributed by atoms with Crippen molar-refractivity contribution in [1.82, 2.24) is 20.1 Å². The molecule has 0 aliphatic carbocycles. The second-order valence-electron chi connectivity index (χ2n) is 4.45. The molecule has 19 heavy (non-hydrogen) atoms. The lowest BCUT2D eigenvalue weighted by atomic mass is 10.0. The summed E-state index contributed by atoms with van der Waals surface area (Å²) in [6, 6.07) is 3.75. The Labute approximate surface area is 112 Å². The van der Waals surface area contributed by atoms with Crippen LogP contribution in [0.25, 0.3) is 11.4 Å². The summed E-state index contributed by atoms with van der Waals surface area (Å²) in [6.45, 7) is 4.08. The van der Waals surface area contributed by atoms with Gasteiger partial charge in [-0.15, -0.1) is 0 Å². The van der Waals surface area contributed by atoms with Crippen LogP contribution in [0.1, 0.15) is 28.5 Å². The highest BCUT2D eigenvalue weighted by Crippen LogP contribution is 2.23. The van der Waals surface area contributed by atoms with Gasteiger partial charge in [-0.05, 0) is 36.6 Å². The average Bonchev–Trinajstić information content (AvgIpc) is 2.84. The Morgan fingerprint density at radius 1 is 1.47 bits per heavy atom. The highest BCUT2D eigenvalue weighted by atomic mass is 16.1. The number of nitrogens with zero attached hydrogens (tertiary/aromatic N) is 3. The van der Waals surface area contributed by atoms with E-state index in [2.05, 4.69) is 22.3 Å². The Kier molecular flexibility index (Phi) is 3.64. The van der Waals surface area contributed by atoms with Crippen molar-refractivity contribution in [3.63, 3.8) is 0 Å². The number of hydrogen-bond acceptors (Lipinski definition) is 3. The van der Waals surface area contributed by atoms with Gasteiger partial charge in [0.2, 0.25) is 0 Å². The van der Waals surface area contributed by atoms with E-state index >= 15 is 0 Å². The molecule has 0 aliphatic rings. The fraction of sp³-hybridized carbons (Fsp3) is 0.357. The SMILES string of the molecule is CCc1cc(C(=O)NC)nc(-c2ccn(C)n2)c1C. The minimum atomic E-state index is -0.174. The van der Waals surface area contributed by atoms with Gasteiger partial charge in [0.05, 0.1) is 5.69 Å². The van der Waals surface area contributed by atoms with Crippen LogP contribution in [0, 0.1) is 6.92 Å². The van der Waals surface area contributed by atoms with Gasteiger partial charge in [-0.25, -0.2) is 4.98 Å². The summed E-state index contributed by atoms with van der Waals surface area (Å²) in [5.41, 5.74) is 4.20. The summed E-state index contributed by atoms with van der Waals surface area (Å²) in [4.78, 5) is 16.2. The number of carbonyl (C=O) groups excluding carboxylic acids is 1. The molecule has 2 rings (SSSR count). The van der Waals surface area contributed by atoms with Gasteiger partial charge in [-0.3, -0.25) is 9.48 Å². The third-order valence-corrected chi connectivity index (χ3v) is 3.18. The van der Waals surface area contributed by atoms with E-state index in [0.717, 1.165) is 28.9 Å². The molecule has 0 atom stereocenters. The molecule has 0 fully saturated rings. The molecule has 0 spiro atoms. The highest BCUT2D eigenvalue weighted by Gasteiger charge is 2.15. The van der Waals surface area contributed by atoms with Crippen molar-refractivity contribution in [3.8, 4) is 11.4 Å². The number of carbonyl (C=O) groups is 1. The minimum absolute atomic E-state index is 0.174. The molecular formula is C14H18N4O. The fourth-order valence-corrected chi connectivity index (χ4v) is 2.06. The van der Waals surface area contributed by atoms with Crippen LogP contribution in [-0.2, 0) is 13.5 Å². The lowest BCUT2D eigenvalue weighted by molar-refractivity contribution is 0.0958. The number of aryl methyl sites for hydroxylation is 2. The number of rotatable bonds is 3. The maximum Gasteiger partial charge on any atom is 0.269 e. The molecule has 5 nitrogen and oxygen atoms in total. The zero-order chi connectivity index (χ0) is 14.0. The molecule has 2 heterocycles. The van der Waals surface area contributed by atoms with Gasteiger partial charge in [-0.1, -0.05) is 6.92 Å². The van der Waals surface area contributed by atoms with Crippen molar-refractivity contribution in [3.05, 3.63) is 35.2 Å². The van der Waals surface area contributed by atoms with Gasteiger partial charge >= 0.3 is 0 Å². The molecule has 2 aromatic rings. The lowest BCUT2D eigenvalue weighted by Crippen LogP contribution is -2.20. The summed E-state index contributed by atoms with van der Waals surface area (Å²) in [6.07, 6.45) is 2.73. The van der Waals surface area contributed by atoms with E-state index in [1.54, 1.807) is 11.7 Å². The zero-order valence-corrected chi connectivity index (χ0v) is 11.7. The summed E-state index contributed by atoms with van der Waals surface area (Å²) < 4.78 is 1.73. The summed E-state index contributed by atoms with van der Waals surface area (Å²) in [7, 11) is 3.47. The highest BCUT2D eigenvalue weighted by molar-refractivity contribution is 5.93. The van der Waals surface area contributed by atoms with E-state index in [-0.39, 0.29) is 5.91 Å². The largest absolute Gasteiger partial charge is 0.354 e. The number of nitrogens with one attached hydrogen (secondary N) is 1. The molecular weight excluding hydrogens is 240 g/mol. The number of pyridine rings is 1. The predicted octanol–water partition coefficient (Wildman–Crippen LogP) is 1.71. The first-order valence-corrected chi connectivity index (χ1v) is 6.29. The molecule has 100 valence electrons. The molecule has 2 aromatic heterocycles. The Morgan fingerprint density at radius 3 is 2.74 bits per heavy atom. The van der Waals surface area contributed by atoms with Crippen LogP contribution in [0.2, 0.25) is 0 Å². The van der Waals surface area contributed by atoms with Crippen molar-refractivity contribution in [2.24, 2.45) is 7.05 Å². The zero-order valence-electron chi connectivity index (χ0n) is 11.7. The summed E-state index contributed by atoms with van der Waals surface area (Å²) in [5, 5.41) is 6.97. The van der Waals surface area contributed by atoms with Crippen LogP contribution in [0.4, 0.5) is 0 Å². The topological polar surface area (TPSA) is 59.8 Å². The fourth-order valence-electron chi connectivity index (χ4n) is 2.06. The lowest BCUT2D eigenvalue weighted by Gasteiger charge is -2.10. The average molecular weight is 258 g/mol. The van der Waals surface area contributed by atoms with Gasteiger partial charge in [0.15, 0.2) is 0 Å². The van der Waals surface area contributed by atoms with Gasteiger partial charge in [-0.2, -0.15) is 5.10 Å². The molecule has 0 radical (unpaired) electrons. The second-order valence-corrected chi connectivity index (χ2v) is 4.45. The third-order valence-electron chi connectivity index (χ3n) is 3.18. The van der Waals surface area contributed by atoms with Crippen molar-refractivity contribution in [1.29, 1.82) is 0 Å². The molecule has 1 amide bonds. The minimum Gasteiger partial charge on any atom is -0.354 e. The first-order chi connectivity index (χ1) is 9.06. The monoisotopic (exact) mass is 258 g/mol. The first kappa shape index (κ1) is 13.3. The van der Waals surface area contributed by atoms with Gasteiger partial charge < -0.3 is 5.32 Å². The van der Waals surface area contributed by atoms with E-state index in [4.69, 9.17) is 0 Å². The molecule has 0 unspecified atom stereocenters. The molecule has 0 bridgehead atoms. The van der Waals surface area contributed by atoms with Gasteiger partial charge in [0.25, 0.3) is 5.91 Å². The summed E-state index contributed by atoms with van der Waals surface area (Å²) >= 11 is 0. The molecule has 0 aliphatic heterocycles. The van der Waals surface area contributed by atoms with Crippen LogP contribution in [0.5, 0.6) is 0 Å². The van der Waals surface area contributed by atoms with Crippen LogP contribution < -0.4 is 5.32 Å². The molecule has 0 aromatic carbocycles. The van der Waals surface area contributed by atoms with E-state index in [9.17, 15) is 4.79 Å². The van der Waals surface area contributed by atoms with Crippen LogP contribution in [-0.4, -0.2) is 27.7 Å². The number of amides is 1. The van der Waals surface area contributed by atoms with Crippen molar-refractivity contribution in [2.75, 3.05) is 7.05 Å². The standard InChI is InChI=1S/C14H18N4O/c1-5-10-8-12(14(19)15-3)16-13(9(10)2)11-6-7-18(4)17-11/h6-8H,5H2,1-4H3,(H,15,19).